The zero-order chi connectivity index (χ0) is 14.1. The maximum Gasteiger partial charge on any atom is 0.123 e. The van der Waals surface area contributed by atoms with E-state index in [0.717, 1.165) is 55.4 Å². The van der Waals surface area contributed by atoms with Crippen LogP contribution in [0, 0.1) is 0 Å². The van der Waals surface area contributed by atoms with Crippen LogP contribution in [0.5, 0.6) is 5.75 Å². The van der Waals surface area contributed by atoms with Crippen molar-refractivity contribution in [1.29, 1.82) is 0 Å². The summed E-state index contributed by atoms with van der Waals surface area (Å²) in [5.41, 5.74) is 1.13. The third kappa shape index (κ3) is 6.81. The molecule has 0 aromatic heterocycles. The molecule has 0 radical (unpaired) electrons. The van der Waals surface area contributed by atoms with Crippen LogP contribution in [-0.2, 0) is 6.54 Å². The van der Waals surface area contributed by atoms with Gasteiger partial charge in [-0.1, -0.05) is 18.5 Å². The summed E-state index contributed by atoms with van der Waals surface area (Å²) in [6, 6.07) is 5.82. The lowest BCUT2D eigenvalue weighted by Crippen LogP contribution is -2.17. The van der Waals surface area contributed by atoms with Gasteiger partial charge in [-0.15, -0.1) is 0 Å². The zero-order valence-electron chi connectivity index (χ0n) is 12.2. The summed E-state index contributed by atoms with van der Waals surface area (Å²) in [5, 5.41) is 4.14. The van der Waals surface area contributed by atoms with Gasteiger partial charge < -0.3 is 15.0 Å². The highest BCUT2D eigenvalue weighted by atomic mass is 35.5. The molecule has 0 unspecified atom stereocenters. The Balaban J connectivity index is 2.50. The molecule has 1 aromatic rings. The second-order valence-electron chi connectivity index (χ2n) is 4.93. The molecular weight excluding hydrogens is 260 g/mol. The van der Waals surface area contributed by atoms with Gasteiger partial charge in [0.15, 0.2) is 0 Å². The smallest absolute Gasteiger partial charge is 0.123 e. The van der Waals surface area contributed by atoms with Crippen LogP contribution < -0.4 is 10.1 Å². The predicted octanol–water partition coefficient (Wildman–Crippen LogP) is 3.17. The van der Waals surface area contributed by atoms with Gasteiger partial charge in [-0.05, 0) is 51.7 Å². The second kappa shape index (κ2) is 9.18. The molecule has 0 heterocycles. The summed E-state index contributed by atoms with van der Waals surface area (Å²) in [4.78, 5) is 2.16. The molecule has 0 saturated heterocycles. The van der Waals surface area contributed by atoms with E-state index in [4.69, 9.17) is 16.3 Å². The molecule has 0 bridgehead atoms. The van der Waals surface area contributed by atoms with Crippen LogP contribution in [0.2, 0.25) is 5.02 Å². The molecule has 108 valence electrons. The third-order valence-corrected chi connectivity index (χ3v) is 3.01. The van der Waals surface area contributed by atoms with E-state index in [2.05, 4.69) is 31.2 Å². The van der Waals surface area contributed by atoms with Gasteiger partial charge in [0.2, 0.25) is 0 Å². The van der Waals surface area contributed by atoms with Gasteiger partial charge >= 0.3 is 0 Å². The summed E-state index contributed by atoms with van der Waals surface area (Å²) in [5.74, 6) is 0.937. The number of hydrogen-bond acceptors (Lipinski definition) is 3. The minimum atomic E-state index is 0.737. The third-order valence-electron chi connectivity index (χ3n) is 2.77. The summed E-state index contributed by atoms with van der Waals surface area (Å²) < 4.78 is 5.85. The highest BCUT2D eigenvalue weighted by molar-refractivity contribution is 6.30. The van der Waals surface area contributed by atoms with E-state index in [-0.39, 0.29) is 0 Å². The van der Waals surface area contributed by atoms with Crippen molar-refractivity contribution < 1.29 is 4.74 Å². The standard InChI is InChI=1S/C15H25ClN2O/c1-4-8-17-12-13-11-14(16)6-7-15(13)19-10-5-9-18(2)3/h6-7,11,17H,4-5,8-10,12H2,1-3H3. The van der Waals surface area contributed by atoms with Gasteiger partial charge in [0.25, 0.3) is 0 Å². The minimum Gasteiger partial charge on any atom is -0.493 e. The van der Waals surface area contributed by atoms with E-state index in [9.17, 15) is 0 Å². The summed E-state index contributed by atoms with van der Waals surface area (Å²) in [6.07, 6.45) is 2.15. The van der Waals surface area contributed by atoms with Gasteiger partial charge in [-0.3, -0.25) is 0 Å². The SMILES string of the molecule is CCCNCc1cc(Cl)ccc1OCCCN(C)C. The predicted molar refractivity (Wildman–Crippen MR) is 82.1 cm³/mol. The maximum atomic E-state index is 6.04. The van der Waals surface area contributed by atoms with E-state index in [0.29, 0.717) is 0 Å². The lowest BCUT2D eigenvalue weighted by atomic mass is 10.2. The quantitative estimate of drug-likeness (QED) is 0.705. The van der Waals surface area contributed by atoms with Crippen LogP contribution in [0.4, 0.5) is 0 Å². The fourth-order valence-corrected chi connectivity index (χ4v) is 1.98. The Morgan fingerprint density at radius 3 is 2.79 bits per heavy atom. The first-order valence-electron chi connectivity index (χ1n) is 6.90. The molecule has 1 N–H and O–H groups in total. The van der Waals surface area contributed by atoms with E-state index in [1.807, 2.05) is 18.2 Å². The maximum absolute atomic E-state index is 6.04. The molecule has 0 fully saturated rings. The van der Waals surface area contributed by atoms with Crippen molar-refractivity contribution >= 4 is 11.6 Å². The Morgan fingerprint density at radius 2 is 2.11 bits per heavy atom. The van der Waals surface area contributed by atoms with Crippen LogP contribution in [-0.4, -0.2) is 38.7 Å². The highest BCUT2D eigenvalue weighted by Gasteiger charge is 2.04. The topological polar surface area (TPSA) is 24.5 Å². The first-order valence-corrected chi connectivity index (χ1v) is 7.28. The van der Waals surface area contributed by atoms with Gasteiger partial charge in [0, 0.05) is 23.7 Å². The molecule has 1 rings (SSSR count). The minimum absolute atomic E-state index is 0.737. The number of benzene rings is 1. The highest BCUT2D eigenvalue weighted by Crippen LogP contribution is 2.23. The summed E-state index contributed by atoms with van der Waals surface area (Å²) in [7, 11) is 4.14. The van der Waals surface area contributed by atoms with Crippen molar-refractivity contribution in [3.8, 4) is 5.75 Å². The molecule has 3 nitrogen and oxygen atoms in total. The average molecular weight is 285 g/mol. The van der Waals surface area contributed by atoms with Gasteiger partial charge in [0.1, 0.15) is 5.75 Å². The van der Waals surface area contributed by atoms with Gasteiger partial charge in [-0.25, -0.2) is 0 Å². The number of nitrogens with zero attached hydrogens (tertiary/aromatic N) is 1. The molecule has 0 aliphatic carbocycles. The van der Waals surface area contributed by atoms with Crippen molar-refractivity contribution in [3.63, 3.8) is 0 Å². The molecule has 1 aromatic carbocycles. The zero-order valence-corrected chi connectivity index (χ0v) is 13.0. The molecular formula is C15H25ClN2O. The second-order valence-corrected chi connectivity index (χ2v) is 5.37. The molecule has 0 atom stereocenters. The van der Waals surface area contributed by atoms with Gasteiger partial charge in [-0.2, -0.15) is 0 Å². The number of hydrogen-bond donors (Lipinski definition) is 1. The molecule has 0 aliphatic heterocycles. The van der Waals surface area contributed by atoms with E-state index >= 15 is 0 Å². The number of nitrogens with one attached hydrogen (secondary N) is 1. The van der Waals surface area contributed by atoms with Crippen molar-refractivity contribution in [3.05, 3.63) is 28.8 Å². The van der Waals surface area contributed by atoms with E-state index in [1.54, 1.807) is 0 Å². The van der Waals surface area contributed by atoms with Crippen LogP contribution in [0.1, 0.15) is 25.3 Å². The number of ether oxygens (including phenoxy) is 1. The van der Waals surface area contributed by atoms with Gasteiger partial charge in [0.05, 0.1) is 6.61 Å². The Bertz CT molecular complexity index is 369. The largest absolute Gasteiger partial charge is 0.493 e. The summed E-state index contributed by atoms with van der Waals surface area (Å²) in [6.45, 7) is 5.74. The Morgan fingerprint density at radius 1 is 1.32 bits per heavy atom. The molecule has 4 heteroatoms. The van der Waals surface area contributed by atoms with Crippen molar-refractivity contribution in [2.45, 2.75) is 26.3 Å². The van der Waals surface area contributed by atoms with E-state index in [1.165, 1.54) is 0 Å². The molecule has 0 saturated carbocycles. The average Bonchev–Trinajstić information content (AvgIpc) is 2.36. The van der Waals surface area contributed by atoms with E-state index < -0.39 is 0 Å². The van der Waals surface area contributed by atoms with Crippen molar-refractivity contribution in [2.75, 3.05) is 33.8 Å². The Kier molecular flexibility index (Phi) is 7.87. The first-order chi connectivity index (χ1) is 9.13. The van der Waals surface area contributed by atoms with Crippen LogP contribution in [0.15, 0.2) is 18.2 Å². The van der Waals surface area contributed by atoms with Crippen LogP contribution in [0.25, 0.3) is 0 Å². The molecule has 0 amide bonds. The monoisotopic (exact) mass is 284 g/mol. The lowest BCUT2D eigenvalue weighted by molar-refractivity contribution is 0.279. The first kappa shape index (κ1) is 16.3. The summed E-state index contributed by atoms with van der Waals surface area (Å²) >= 11 is 6.04. The molecule has 0 spiro atoms. The fraction of sp³-hybridized carbons (Fsp3) is 0.600. The number of halogens is 1. The number of rotatable bonds is 9. The van der Waals surface area contributed by atoms with Crippen LogP contribution >= 0.6 is 11.6 Å². The lowest BCUT2D eigenvalue weighted by Gasteiger charge is -2.14. The fourth-order valence-electron chi connectivity index (χ4n) is 1.79. The van der Waals surface area contributed by atoms with Crippen LogP contribution in [0.3, 0.4) is 0 Å². The normalized spacial score (nSPS) is 11.0. The Labute approximate surface area is 121 Å². The Hall–Kier alpha value is -0.770. The van der Waals surface area contributed by atoms with Crippen molar-refractivity contribution in [2.24, 2.45) is 0 Å². The molecule has 0 aliphatic rings. The van der Waals surface area contributed by atoms with Crippen molar-refractivity contribution in [1.82, 2.24) is 10.2 Å². The molecule has 19 heavy (non-hydrogen) atoms.